The van der Waals surface area contributed by atoms with Crippen molar-refractivity contribution < 1.29 is 28.2 Å². The molecule has 0 aliphatic carbocycles. The standard InChI is InChI=1S/C14H29NO6Si/c1-9(16)15-11-13(18-3)12(21-22(5,6)7)10(8-17-2)20-14(11)19-4/h10-14H,8H2,1-7H3,(H,15,16). The summed E-state index contributed by atoms with van der Waals surface area (Å²) in [5.74, 6) is -0.172. The molecule has 0 aromatic rings. The molecule has 8 heteroatoms. The first-order valence-corrected chi connectivity index (χ1v) is 10.8. The Balaban J connectivity index is 3.06. The number of amides is 1. The Morgan fingerprint density at radius 2 is 1.77 bits per heavy atom. The highest BCUT2D eigenvalue weighted by Crippen LogP contribution is 2.28. The molecule has 130 valence electrons. The predicted molar refractivity (Wildman–Crippen MR) is 84.2 cm³/mol. The third-order valence-corrected chi connectivity index (χ3v) is 4.32. The van der Waals surface area contributed by atoms with Crippen LogP contribution in [0, 0.1) is 0 Å². The van der Waals surface area contributed by atoms with Crippen molar-refractivity contribution in [3.8, 4) is 0 Å². The number of carbonyl (C=O) groups excluding carboxylic acids is 1. The van der Waals surface area contributed by atoms with Gasteiger partial charge in [-0.1, -0.05) is 0 Å². The van der Waals surface area contributed by atoms with Crippen LogP contribution in [0.15, 0.2) is 0 Å². The SMILES string of the molecule is COCC1OC(OC)C(NC(C)=O)C(OC)C1O[Si](C)(C)C. The van der Waals surface area contributed by atoms with Crippen molar-refractivity contribution in [3.63, 3.8) is 0 Å². The number of carbonyl (C=O) groups is 1. The lowest BCUT2D eigenvalue weighted by atomic mass is 9.96. The van der Waals surface area contributed by atoms with Crippen LogP contribution in [-0.4, -0.2) is 72.8 Å². The highest BCUT2D eigenvalue weighted by molar-refractivity contribution is 6.69. The van der Waals surface area contributed by atoms with Gasteiger partial charge < -0.3 is 28.7 Å². The fourth-order valence-electron chi connectivity index (χ4n) is 2.62. The minimum Gasteiger partial charge on any atom is -0.409 e. The summed E-state index contributed by atoms with van der Waals surface area (Å²) in [6.45, 7) is 8.11. The van der Waals surface area contributed by atoms with Gasteiger partial charge in [0.2, 0.25) is 5.91 Å². The van der Waals surface area contributed by atoms with Crippen LogP contribution in [0.2, 0.25) is 19.6 Å². The van der Waals surface area contributed by atoms with E-state index in [4.69, 9.17) is 23.4 Å². The molecule has 5 unspecified atom stereocenters. The number of methoxy groups -OCH3 is 3. The Hall–Kier alpha value is -0.513. The number of rotatable bonds is 7. The molecule has 1 heterocycles. The topological polar surface area (TPSA) is 75.2 Å². The van der Waals surface area contributed by atoms with Gasteiger partial charge in [-0.05, 0) is 19.6 Å². The molecule has 5 atom stereocenters. The van der Waals surface area contributed by atoms with E-state index in [1.165, 1.54) is 14.0 Å². The zero-order valence-electron chi connectivity index (χ0n) is 14.5. The van der Waals surface area contributed by atoms with Crippen LogP contribution in [0.5, 0.6) is 0 Å². The molecule has 0 saturated carbocycles. The lowest BCUT2D eigenvalue weighted by Crippen LogP contribution is -2.66. The molecule has 7 nitrogen and oxygen atoms in total. The van der Waals surface area contributed by atoms with Gasteiger partial charge in [-0.15, -0.1) is 0 Å². The Labute approximate surface area is 133 Å². The van der Waals surface area contributed by atoms with E-state index >= 15 is 0 Å². The molecule has 0 spiro atoms. The number of nitrogens with one attached hydrogen (secondary N) is 1. The summed E-state index contributed by atoms with van der Waals surface area (Å²) < 4.78 is 28.4. The molecular formula is C14H29NO6Si. The van der Waals surface area contributed by atoms with Crippen LogP contribution in [0.25, 0.3) is 0 Å². The van der Waals surface area contributed by atoms with Gasteiger partial charge in [0.15, 0.2) is 14.6 Å². The maximum atomic E-state index is 11.5. The largest absolute Gasteiger partial charge is 0.409 e. The third-order valence-electron chi connectivity index (χ3n) is 3.34. The van der Waals surface area contributed by atoms with Gasteiger partial charge in [0.25, 0.3) is 0 Å². The number of hydrogen-bond acceptors (Lipinski definition) is 6. The van der Waals surface area contributed by atoms with Crippen molar-refractivity contribution >= 4 is 14.2 Å². The van der Waals surface area contributed by atoms with Crippen LogP contribution in [0.1, 0.15) is 6.92 Å². The molecule has 1 rings (SSSR count). The van der Waals surface area contributed by atoms with Gasteiger partial charge in [-0.3, -0.25) is 4.79 Å². The van der Waals surface area contributed by atoms with Crippen LogP contribution in [0.3, 0.4) is 0 Å². The molecule has 0 bridgehead atoms. The Bertz CT molecular complexity index is 362. The van der Waals surface area contributed by atoms with Crippen molar-refractivity contribution in [2.24, 2.45) is 0 Å². The van der Waals surface area contributed by atoms with E-state index in [-0.39, 0.29) is 24.2 Å². The first-order chi connectivity index (χ1) is 10.2. The summed E-state index contributed by atoms with van der Waals surface area (Å²) in [6, 6.07) is -0.443. The van der Waals surface area contributed by atoms with Gasteiger partial charge in [0.1, 0.15) is 24.4 Å². The third kappa shape index (κ3) is 5.29. The monoisotopic (exact) mass is 335 g/mol. The predicted octanol–water partition coefficient (Wildman–Crippen LogP) is 0.744. The van der Waals surface area contributed by atoms with Gasteiger partial charge in [0.05, 0.1) is 6.61 Å². The number of hydrogen-bond donors (Lipinski definition) is 1. The van der Waals surface area contributed by atoms with E-state index in [0.717, 1.165) is 0 Å². The summed E-state index contributed by atoms with van der Waals surface area (Å²) >= 11 is 0. The van der Waals surface area contributed by atoms with Crippen LogP contribution in [-0.2, 0) is 28.2 Å². The van der Waals surface area contributed by atoms with Crippen LogP contribution < -0.4 is 5.32 Å². The molecule has 0 aromatic heterocycles. The minimum atomic E-state index is -1.84. The molecule has 1 aliphatic heterocycles. The second-order valence-electron chi connectivity index (χ2n) is 6.36. The highest BCUT2D eigenvalue weighted by Gasteiger charge is 2.48. The first-order valence-electron chi connectivity index (χ1n) is 7.38. The van der Waals surface area contributed by atoms with Crippen molar-refractivity contribution in [2.45, 2.75) is 57.2 Å². The normalized spacial score (nSPS) is 32.8. The van der Waals surface area contributed by atoms with Crippen molar-refractivity contribution in [1.82, 2.24) is 5.32 Å². The average molecular weight is 335 g/mol. The minimum absolute atomic E-state index is 0.172. The zero-order chi connectivity index (χ0) is 16.9. The summed E-state index contributed by atoms with van der Waals surface area (Å²) in [5, 5.41) is 2.84. The fraction of sp³-hybridized carbons (Fsp3) is 0.929. The van der Waals surface area contributed by atoms with Crippen LogP contribution >= 0.6 is 0 Å². The van der Waals surface area contributed by atoms with E-state index in [2.05, 4.69) is 25.0 Å². The van der Waals surface area contributed by atoms with Crippen molar-refractivity contribution in [3.05, 3.63) is 0 Å². The molecule has 0 radical (unpaired) electrons. The molecule has 0 aromatic carbocycles. The van der Waals surface area contributed by atoms with E-state index in [9.17, 15) is 4.79 Å². The van der Waals surface area contributed by atoms with Crippen molar-refractivity contribution in [1.29, 1.82) is 0 Å². The van der Waals surface area contributed by atoms with Gasteiger partial charge in [0, 0.05) is 28.3 Å². The lowest BCUT2D eigenvalue weighted by Gasteiger charge is -2.47. The Kier molecular flexibility index (Phi) is 7.43. The maximum absolute atomic E-state index is 11.5. The van der Waals surface area contributed by atoms with E-state index in [0.29, 0.717) is 6.61 Å². The summed E-state index contributed by atoms with van der Waals surface area (Å²) in [6.07, 6.45) is -1.65. The Morgan fingerprint density at radius 1 is 1.14 bits per heavy atom. The fourth-order valence-corrected chi connectivity index (χ4v) is 3.72. The van der Waals surface area contributed by atoms with Crippen LogP contribution in [0.4, 0.5) is 0 Å². The first kappa shape index (κ1) is 19.5. The Morgan fingerprint density at radius 3 is 2.18 bits per heavy atom. The summed E-state index contributed by atoms with van der Waals surface area (Å²) in [4.78, 5) is 11.5. The smallest absolute Gasteiger partial charge is 0.217 e. The summed E-state index contributed by atoms with van der Waals surface area (Å²) in [7, 11) is 2.90. The van der Waals surface area contributed by atoms with Gasteiger partial charge >= 0.3 is 0 Å². The number of ether oxygens (including phenoxy) is 4. The maximum Gasteiger partial charge on any atom is 0.217 e. The zero-order valence-corrected chi connectivity index (χ0v) is 15.5. The van der Waals surface area contributed by atoms with E-state index < -0.39 is 20.6 Å². The second kappa shape index (κ2) is 8.37. The van der Waals surface area contributed by atoms with Gasteiger partial charge in [-0.2, -0.15) is 0 Å². The molecule has 1 fully saturated rings. The van der Waals surface area contributed by atoms with Gasteiger partial charge in [-0.25, -0.2) is 0 Å². The average Bonchev–Trinajstić information content (AvgIpc) is 2.39. The quantitative estimate of drug-likeness (QED) is 0.692. The highest BCUT2D eigenvalue weighted by atomic mass is 28.4. The molecular weight excluding hydrogens is 306 g/mol. The lowest BCUT2D eigenvalue weighted by molar-refractivity contribution is -0.264. The van der Waals surface area contributed by atoms with E-state index in [1.54, 1.807) is 14.2 Å². The van der Waals surface area contributed by atoms with E-state index in [1.807, 2.05) is 0 Å². The molecule has 1 amide bonds. The molecule has 1 aliphatic rings. The molecule has 1 N–H and O–H groups in total. The molecule has 22 heavy (non-hydrogen) atoms. The molecule has 1 saturated heterocycles. The van der Waals surface area contributed by atoms with Crippen molar-refractivity contribution in [2.75, 3.05) is 27.9 Å². The summed E-state index contributed by atoms with van der Waals surface area (Å²) in [5.41, 5.74) is 0. The second-order valence-corrected chi connectivity index (χ2v) is 10.8.